The van der Waals surface area contributed by atoms with E-state index in [1.54, 1.807) is 38.5 Å². The molecule has 0 aliphatic carbocycles. The molecule has 0 bridgehead atoms. The van der Waals surface area contributed by atoms with Crippen molar-refractivity contribution in [3.63, 3.8) is 0 Å². The van der Waals surface area contributed by atoms with E-state index < -0.39 is 0 Å². The number of hydrogen-bond donors (Lipinski definition) is 1. The molecule has 0 fully saturated rings. The van der Waals surface area contributed by atoms with Crippen molar-refractivity contribution in [1.29, 1.82) is 0 Å². The fourth-order valence-corrected chi connectivity index (χ4v) is 2.41. The van der Waals surface area contributed by atoms with Crippen LogP contribution in [0.4, 0.5) is 0 Å². The van der Waals surface area contributed by atoms with E-state index in [4.69, 9.17) is 32.7 Å². The summed E-state index contributed by atoms with van der Waals surface area (Å²) >= 11 is 11.8. The van der Waals surface area contributed by atoms with E-state index in [-0.39, 0.29) is 12.3 Å². The SMILES string of the molecule is COc1ccc(CC(=O)NCc2ccc(Cl)c(Cl)c2)cc1OC. The maximum Gasteiger partial charge on any atom is 0.224 e. The Balaban J connectivity index is 1.95. The van der Waals surface area contributed by atoms with Crippen LogP contribution in [-0.4, -0.2) is 20.1 Å². The van der Waals surface area contributed by atoms with Crippen molar-refractivity contribution in [2.45, 2.75) is 13.0 Å². The van der Waals surface area contributed by atoms with Crippen molar-refractivity contribution in [2.75, 3.05) is 14.2 Å². The van der Waals surface area contributed by atoms with E-state index in [1.807, 2.05) is 12.1 Å². The fraction of sp³-hybridized carbons (Fsp3) is 0.235. The van der Waals surface area contributed by atoms with Crippen molar-refractivity contribution in [3.8, 4) is 11.5 Å². The third-order valence-corrected chi connectivity index (χ3v) is 4.03. The van der Waals surface area contributed by atoms with Gasteiger partial charge in [0, 0.05) is 6.54 Å². The minimum atomic E-state index is -0.0942. The standard InChI is InChI=1S/C17H17Cl2NO3/c1-22-15-6-4-11(8-16(15)23-2)9-17(21)20-10-12-3-5-13(18)14(19)7-12/h3-8H,9-10H2,1-2H3,(H,20,21). The number of ether oxygens (including phenoxy) is 2. The number of halogens is 2. The highest BCUT2D eigenvalue weighted by Crippen LogP contribution is 2.27. The summed E-state index contributed by atoms with van der Waals surface area (Å²) in [5.41, 5.74) is 1.73. The molecule has 2 aromatic rings. The maximum absolute atomic E-state index is 12.0. The molecule has 0 radical (unpaired) electrons. The third kappa shape index (κ3) is 4.78. The Morgan fingerprint density at radius 2 is 1.65 bits per heavy atom. The number of nitrogens with one attached hydrogen (secondary N) is 1. The van der Waals surface area contributed by atoms with Gasteiger partial charge in [0.25, 0.3) is 0 Å². The summed E-state index contributed by atoms with van der Waals surface area (Å²) in [6.45, 7) is 0.392. The molecule has 0 unspecified atom stereocenters. The van der Waals surface area contributed by atoms with E-state index in [2.05, 4.69) is 5.32 Å². The summed E-state index contributed by atoms with van der Waals surface area (Å²) in [6.07, 6.45) is 0.252. The van der Waals surface area contributed by atoms with Gasteiger partial charge in [-0.25, -0.2) is 0 Å². The van der Waals surface area contributed by atoms with Gasteiger partial charge < -0.3 is 14.8 Å². The number of rotatable bonds is 6. The summed E-state index contributed by atoms with van der Waals surface area (Å²) in [7, 11) is 3.13. The molecule has 0 aromatic heterocycles. The van der Waals surface area contributed by atoms with Gasteiger partial charge in [0.15, 0.2) is 11.5 Å². The van der Waals surface area contributed by atoms with Crippen LogP contribution in [-0.2, 0) is 17.8 Å². The van der Waals surface area contributed by atoms with Gasteiger partial charge in [-0.1, -0.05) is 35.3 Å². The van der Waals surface area contributed by atoms with E-state index in [1.165, 1.54) is 0 Å². The molecule has 1 N–H and O–H groups in total. The van der Waals surface area contributed by atoms with E-state index in [0.717, 1.165) is 11.1 Å². The molecule has 2 aromatic carbocycles. The second kappa shape index (κ2) is 8.09. The zero-order valence-corrected chi connectivity index (χ0v) is 14.4. The molecule has 0 spiro atoms. The molecule has 0 heterocycles. The zero-order valence-electron chi connectivity index (χ0n) is 12.9. The van der Waals surface area contributed by atoms with Crippen LogP contribution in [0.5, 0.6) is 11.5 Å². The average molecular weight is 354 g/mol. The van der Waals surface area contributed by atoms with Crippen molar-refractivity contribution in [1.82, 2.24) is 5.32 Å². The van der Waals surface area contributed by atoms with Gasteiger partial charge in [0.2, 0.25) is 5.91 Å². The lowest BCUT2D eigenvalue weighted by molar-refractivity contribution is -0.120. The normalized spacial score (nSPS) is 10.3. The Labute approximate surface area is 145 Å². The molecule has 23 heavy (non-hydrogen) atoms. The molecule has 1 amide bonds. The summed E-state index contributed by atoms with van der Waals surface area (Å²) in [5, 5.41) is 3.81. The first kappa shape index (κ1) is 17.4. The first-order valence-corrected chi connectivity index (χ1v) is 7.70. The van der Waals surface area contributed by atoms with Crippen LogP contribution < -0.4 is 14.8 Å². The van der Waals surface area contributed by atoms with E-state index >= 15 is 0 Å². The van der Waals surface area contributed by atoms with Crippen molar-refractivity contribution in [3.05, 3.63) is 57.6 Å². The van der Waals surface area contributed by atoms with Gasteiger partial charge in [-0.15, -0.1) is 0 Å². The van der Waals surface area contributed by atoms with Gasteiger partial charge in [0.1, 0.15) is 0 Å². The molecule has 0 aliphatic heterocycles. The van der Waals surface area contributed by atoms with Crippen LogP contribution in [0.1, 0.15) is 11.1 Å². The second-order valence-electron chi connectivity index (χ2n) is 4.89. The van der Waals surface area contributed by atoms with E-state index in [0.29, 0.717) is 28.1 Å². The smallest absolute Gasteiger partial charge is 0.224 e. The van der Waals surface area contributed by atoms with Crippen LogP contribution in [0, 0.1) is 0 Å². The van der Waals surface area contributed by atoms with Crippen molar-refractivity contribution >= 4 is 29.1 Å². The molecule has 4 nitrogen and oxygen atoms in total. The fourth-order valence-electron chi connectivity index (χ4n) is 2.09. The van der Waals surface area contributed by atoms with Gasteiger partial charge in [-0.05, 0) is 35.4 Å². The Kier molecular flexibility index (Phi) is 6.13. The summed E-state index contributed by atoms with van der Waals surface area (Å²) in [6, 6.07) is 10.7. The minimum Gasteiger partial charge on any atom is -0.493 e. The average Bonchev–Trinajstić information content (AvgIpc) is 2.55. The maximum atomic E-state index is 12.0. The number of methoxy groups -OCH3 is 2. The Bertz CT molecular complexity index is 704. The van der Waals surface area contributed by atoms with Crippen LogP contribution in [0.3, 0.4) is 0 Å². The molecule has 122 valence electrons. The number of benzene rings is 2. The van der Waals surface area contributed by atoms with Crippen molar-refractivity contribution in [2.24, 2.45) is 0 Å². The van der Waals surface area contributed by atoms with Gasteiger partial charge in [0.05, 0.1) is 30.7 Å². The predicted octanol–water partition coefficient (Wildman–Crippen LogP) is 3.87. The minimum absolute atomic E-state index is 0.0942. The van der Waals surface area contributed by atoms with Gasteiger partial charge in [-0.2, -0.15) is 0 Å². The number of carbonyl (C=O) groups is 1. The zero-order chi connectivity index (χ0) is 16.8. The lowest BCUT2D eigenvalue weighted by atomic mass is 10.1. The van der Waals surface area contributed by atoms with Crippen LogP contribution >= 0.6 is 23.2 Å². The molecular weight excluding hydrogens is 337 g/mol. The van der Waals surface area contributed by atoms with Gasteiger partial charge in [-0.3, -0.25) is 4.79 Å². The number of amides is 1. The summed E-state index contributed by atoms with van der Waals surface area (Å²) in [4.78, 5) is 12.0. The first-order chi connectivity index (χ1) is 11.0. The highest BCUT2D eigenvalue weighted by molar-refractivity contribution is 6.42. The third-order valence-electron chi connectivity index (χ3n) is 3.29. The Morgan fingerprint density at radius 1 is 0.957 bits per heavy atom. The van der Waals surface area contributed by atoms with Crippen LogP contribution in [0.2, 0.25) is 10.0 Å². The lowest BCUT2D eigenvalue weighted by Gasteiger charge is -2.10. The topological polar surface area (TPSA) is 47.6 Å². The second-order valence-corrected chi connectivity index (χ2v) is 5.71. The number of carbonyl (C=O) groups excluding carboxylic acids is 1. The van der Waals surface area contributed by atoms with Gasteiger partial charge >= 0.3 is 0 Å². The monoisotopic (exact) mass is 353 g/mol. The van der Waals surface area contributed by atoms with E-state index in [9.17, 15) is 4.79 Å². The summed E-state index contributed by atoms with van der Waals surface area (Å²) < 4.78 is 10.4. The van der Waals surface area contributed by atoms with Crippen LogP contribution in [0.25, 0.3) is 0 Å². The molecule has 2 rings (SSSR count). The highest BCUT2D eigenvalue weighted by Gasteiger charge is 2.08. The Hall–Kier alpha value is -1.91. The van der Waals surface area contributed by atoms with Crippen LogP contribution in [0.15, 0.2) is 36.4 Å². The molecule has 0 aliphatic rings. The molecular formula is C17H17Cl2NO3. The molecule has 0 saturated heterocycles. The Morgan fingerprint density at radius 3 is 2.30 bits per heavy atom. The highest BCUT2D eigenvalue weighted by atomic mass is 35.5. The summed E-state index contributed by atoms with van der Waals surface area (Å²) in [5.74, 6) is 1.14. The lowest BCUT2D eigenvalue weighted by Crippen LogP contribution is -2.24. The quantitative estimate of drug-likeness (QED) is 0.857. The predicted molar refractivity (Wildman–Crippen MR) is 91.6 cm³/mol. The molecule has 6 heteroatoms. The molecule has 0 saturated carbocycles. The molecule has 0 atom stereocenters. The first-order valence-electron chi connectivity index (χ1n) is 6.95. The largest absolute Gasteiger partial charge is 0.493 e. The number of hydrogen-bond acceptors (Lipinski definition) is 3. The van der Waals surface area contributed by atoms with Crippen molar-refractivity contribution < 1.29 is 14.3 Å².